The third kappa shape index (κ3) is 6.44. The summed E-state index contributed by atoms with van der Waals surface area (Å²) in [6.45, 7) is 9.33. The van der Waals surface area contributed by atoms with Gasteiger partial charge >= 0.3 is 6.09 Å². The van der Waals surface area contributed by atoms with Gasteiger partial charge in [0, 0.05) is 11.1 Å². The fourth-order valence-electron chi connectivity index (χ4n) is 2.43. The minimum absolute atomic E-state index is 0.128. The van der Waals surface area contributed by atoms with Crippen LogP contribution in [0.4, 0.5) is 4.79 Å². The van der Waals surface area contributed by atoms with E-state index in [1.165, 1.54) is 0 Å². The van der Waals surface area contributed by atoms with Crippen LogP contribution in [-0.2, 0) is 9.53 Å². The van der Waals surface area contributed by atoms with Gasteiger partial charge in [-0.25, -0.2) is 10.2 Å². The number of para-hydroxylation sites is 1. The number of hydrogen-bond donors (Lipinski definition) is 2. The molecule has 0 saturated carbocycles. The molecule has 0 radical (unpaired) electrons. The van der Waals surface area contributed by atoms with E-state index in [4.69, 9.17) is 9.47 Å². The first kappa shape index (κ1) is 20.5. The number of ether oxygens (including phenoxy) is 2. The fraction of sp³-hybridized carbons (Fsp3) is 0.450. The van der Waals surface area contributed by atoms with Gasteiger partial charge in [0.1, 0.15) is 24.0 Å². The molecule has 0 unspecified atom stereocenters. The number of nitrogens with zero attached hydrogens (tertiary/aromatic N) is 1. The summed E-state index contributed by atoms with van der Waals surface area (Å²) in [6, 6.07) is 6.93. The minimum Gasteiger partial charge on any atom is -0.488 e. The quantitative estimate of drug-likeness (QED) is 0.613. The van der Waals surface area contributed by atoms with Crippen LogP contribution < -0.4 is 15.5 Å². The molecular formula is C20H27N3O4. The van der Waals surface area contributed by atoms with E-state index in [1.54, 1.807) is 27.0 Å². The highest BCUT2D eigenvalue weighted by molar-refractivity contribution is 5.90. The van der Waals surface area contributed by atoms with Crippen LogP contribution in [0, 0.1) is 5.92 Å². The summed E-state index contributed by atoms with van der Waals surface area (Å²) in [4.78, 5) is 24.3. The number of hydrogen-bond acceptors (Lipinski definition) is 5. The van der Waals surface area contributed by atoms with Crippen molar-refractivity contribution in [1.29, 1.82) is 0 Å². The highest BCUT2D eigenvalue weighted by Crippen LogP contribution is 2.24. The van der Waals surface area contributed by atoms with Gasteiger partial charge in [-0.1, -0.05) is 32.0 Å². The summed E-state index contributed by atoms with van der Waals surface area (Å²) in [5, 5.41) is 6.58. The zero-order valence-electron chi connectivity index (χ0n) is 16.4. The third-order valence-corrected chi connectivity index (χ3v) is 3.68. The molecule has 0 bridgehead atoms. The topological polar surface area (TPSA) is 89.0 Å². The highest BCUT2D eigenvalue weighted by Gasteiger charge is 2.26. The summed E-state index contributed by atoms with van der Waals surface area (Å²) in [5.74, 6) is 0.279. The number of alkyl carbamates (subject to hydrolysis) is 1. The van der Waals surface area contributed by atoms with E-state index in [2.05, 4.69) is 15.8 Å². The average molecular weight is 373 g/mol. The molecule has 27 heavy (non-hydrogen) atoms. The molecular weight excluding hydrogens is 346 g/mol. The SMILES string of the molecule is CC(C)[C@H](NC(=O)OC(C)(C)C)C(=O)N/N=C/C1=Cc2ccccc2OC1. The molecule has 1 atom stereocenters. The molecule has 0 aliphatic carbocycles. The number of rotatable bonds is 5. The van der Waals surface area contributed by atoms with Gasteiger partial charge in [-0.05, 0) is 38.8 Å². The number of fused-ring (bicyclic) bond motifs is 1. The number of nitrogens with one attached hydrogen (secondary N) is 2. The molecule has 0 spiro atoms. The number of amides is 2. The molecule has 7 heteroatoms. The van der Waals surface area contributed by atoms with Crippen molar-refractivity contribution in [3.63, 3.8) is 0 Å². The van der Waals surface area contributed by atoms with Crippen LogP contribution in [-0.4, -0.2) is 36.5 Å². The van der Waals surface area contributed by atoms with Crippen LogP contribution >= 0.6 is 0 Å². The van der Waals surface area contributed by atoms with Crippen molar-refractivity contribution in [1.82, 2.24) is 10.7 Å². The van der Waals surface area contributed by atoms with E-state index < -0.39 is 23.6 Å². The number of carbonyl (C=O) groups is 2. The lowest BCUT2D eigenvalue weighted by atomic mass is 10.0. The fourth-order valence-corrected chi connectivity index (χ4v) is 2.43. The second kappa shape index (κ2) is 8.70. The van der Waals surface area contributed by atoms with Crippen molar-refractivity contribution >= 4 is 24.3 Å². The van der Waals surface area contributed by atoms with E-state index in [-0.39, 0.29) is 5.92 Å². The molecule has 1 aromatic rings. The van der Waals surface area contributed by atoms with E-state index in [9.17, 15) is 9.59 Å². The smallest absolute Gasteiger partial charge is 0.408 e. The van der Waals surface area contributed by atoms with Crippen LogP contribution in [0.3, 0.4) is 0 Å². The lowest BCUT2D eigenvalue weighted by Crippen LogP contribution is -2.49. The normalized spacial score (nSPS) is 14.8. The second-order valence-electron chi connectivity index (χ2n) is 7.65. The summed E-state index contributed by atoms with van der Waals surface area (Å²) in [5.41, 5.74) is 3.62. The Morgan fingerprint density at radius 2 is 1.96 bits per heavy atom. The van der Waals surface area contributed by atoms with E-state index >= 15 is 0 Å². The molecule has 1 heterocycles. The lowest BCUT2D eigenvalue weighted by molar-refractivity contribution is -0.124. The van der Waals surface area contributed by atoms with E-state index in [1.807, 2.05) is 44.2 Å². The zero-order valence-corrected chi connectivity index (χ0v) is 16.4. The molecule has 2 N–H and O–H groups in total. The van der Waals surface area contributed by atoms with Gasteiger partial charge in [-0.2, -0.15) is 5.10 Å². The molecule has 1 aliphatic heterocycles. The van der Waals surface area contributed by atoms with Crippen molar-refractivity contribution < 1.29 is 19.1 Å². The third-order valence-electron chi connectivity index (χ3n) is 3.68. The van der Waals surface area contributed by atoms with Crippen LogP contribution in [0.5, 0.6) is 5.75 Å². The second-order valence-corrected chi connectivity index (χ2v) is 7.65. The van der Waals surface area contributed by atoms with Crippen LogP contribution in [0.1, 0.15) is 40.2 Å². The molecule has 1 aromatic carbocycles. The van der Waals surface area contributed by atoms with Gasteiger partial charge in [0.25, 0.3) is 5.91 Å². The Balaban J connectivity index is 1.95. The van der Waals surface area contributed by atoms with Gasteiger partial charge in [0.15, 0.2) is 0 Å². The summed E-state index contributed by atoms with van der Waals surface area (Å²) in [6.07, 6.45) is 2.85. The summed E-state index contributed by atoms with van der Waals surface area (Å²) in [7, 11) is 0. The first-order valence-corrected chi connectivity index (χ1v) is 8.90. The van der Waals surface area contributed by atoms with Crippen molar-refractivity contribution in [2.24, 2.45) is 11.0 Å². The van der Waals surface area contributed by atoms with Gasteiger partial charge < -0.3 is 14.8 Å². The Hall–Kier alpha value is -2.83. The number of benzene rings is 1. The van der Waals surface area contributed by atoms with Gasteiger partial charge in [0.05, 0.1) is 6.21 Å². The van der Waals surface area contributed by atoms with Crippen LogP contribution in [0.2, 0.25) is 0 Å². The Labute approximate surface area is 159 Å². The van der Waals surface area contributed by atoms with Crippen LogP contribution in [0.25, 0.3) is 6.08 Å². The summed E-state index contributed by atoms with van der Waals surface area (Å²) >= 11 is 0. The number of hydrazone groups is 1. The largest absolute Gasteiger partial charge is 0.488 e. The maximum atomic E-state index is 12.4. The van der Waals surface area contributed by atoms with Crippen molar-refractivity contribution in [2.45, 2.75) is 46.3 Å². The first-order valence-electron chi connectivity index (χ1n) is 8.90. The maximum Gasteiger partial charge on any atom is 0.408 e. The molecule has 0 saturated heterocycles. The van der Waals surface area contributed by atoms with Crippen molar-refractivity contribution in [3.8, 4) is 5.75 Å². The lowest BCUT2D eigenvalue weighted by Gasteiger charge is -2.24. The molecule has 2 rings (SSSR count). The minimum atomic E-state index is -0.755. The van der Waals surface area contributed by atoms with Crippen molar-refractivity contribution in [2.75, 3.05) is 6.61 Å². The first-order chi connectivity index (χ1) is 12.7. The predicted octanol–water partition coefficient (Wildman–Crippen LogP) is 3.11. The Bertz CT molecular complexity index is 748. The Kier molecular flexibility index (Phi) is 6.60. The monoisotopic (exact) mass is 373 g/mol. The zero-order chi connectivity index (χ0) is 20.0. The Morgan fingerprint density at radius 3 is 2.63 bits per heavy atom. The number of carbonyl (C=O) groups excluding carboxylic acids is 2. The van der Waals surface area contributed by atoms with Gasteiger partial charge in [0.2, 0.25) is 0 Å². The highest BCUT2D eigenvalue weighted by atomic mass is 16.6. The molecule has 146 valence electrons. The van der Waals surface area contributed by atoms with Crippen LogP contribution in [0.15, 0.2) is 34.9 Å². The molecule has 7 nitrogen and oxygen atoms in total. The molecule has 1 aliphatic rings. The predicted molar refractivity (Wildman–Crippen MR) is 105 cm³/mol. The summed E-state index contributed by atoms with van der Waals surface area (Å²) < 4.78 is 10.8. The molecule has 0 fully saturated rings. The Morgan fingerprint density at radius 1 is 1.26 bits per heavy atom. The van der Waals surface area contributed by atoms with Gasteiger partial charge in [-0.3, -0.25) is 4.79 Å². The molecule has 0 aromatic heterocycles. The average Bonchev–Trinajstić information content (AvgIpc) is 2.57. The van der Waals surface area contributed by atoms with Gasteiger partial charge in [-0.15, -0.1) is 0 Å². The molecule has 2 amide bonds. The maximum absolute atomic E-state index is 12.4. The standard InChI is InChI=1S/C20H27N3O4/c1-13(2)17(22-19(25)27-20(3,4)5)18(24)23-21-11-14-10-15-8-6-7-9-16(15)26-12-14/h6-11,13,17H,12H2,1-5H3,(H,22,25)(H,23,24)/b21-11+/t17-/m0/s1. The van der Waals surface area contributed by atoms with E-state index in [0.29, 0.717) is 6.61 Å². The van der Waals surface area contributed by atoms with Crippen molar-refractivity contribution in [3.05, 3.63) is 35.4 Å². The van der Waals surface area contributed by atoms with E-state index in [0.717, 1.165) is 16.9 Å².